The molecule has 0 spiro atoms. The van der Waals surface area contributed by atoms with E-state index in [2.05, 4.69) is 10.3 Å². The lowest BCUT2D eigenvalue weighted by Crippen LogP contribution is -2.31. The van der Waals surface area contributed by atoms with E-state index < -0.39 is 0 Å². The highest BCUT2D eigenvalue weighted by atomic mass is 32.1. The Bertz CT molecular complexity index is 860. The summed E-state index contributed by atoms with van der Waals surface area (Å²) < 4.78 is 0. The Morgan fingerprint density at radius 2 is 1.92 bits per heavy atom. The topological polar surface area (TPSA) is 82.6 Å². The minimum absolute atomic E-state index is 0.0361. The number of hydrogen-bond donors (Lipinski definition) is 1. The largest absolute Gasteiger partial charge is 0.355 e. The molecule has 0 aliphatic carbocycles. The van der Waals surface area contributed by atoms with Crippen molar-refractivity contribution in [3.05, 3.63) is 46.0 Å². The summed E-state index contributed by atoms with van der Waals surface area (Å²) in [6.07, 6.45) is 0. The molecule has 7 nitrogen and oxygen atoms in total. The quantitative estimate of drug-likeness (QED) is 0.818. The van der Waals surface area contributed by atoms with Crippen molar-refractivity contribution >= 4 is 34.2 Å². The van der Waals surface area contributed by atoms with Crippen LogP contribution in [-0.2, 0) is 6.54 Å². The number of urea groups is 1. The van der Waals surface area contributed by atoms with Gasteiger partial charge in [0.1, 0.15) is 0 Å². The Morgan fingerprint density at radius 3 is 2.50 bits per heavy atom. The lowest BCUT2D eigenvalue weighted by molar-refractivity contribution is 0.0961. The van der Waals surface area contributed by atoms with Gasteiger partial charge in [-0.2, -0.15) is 0 Å². The Labute approximate surface area is 155 Å². The monoisotopic (exact) mass is 372 g/mol. The van der Waals surface area contributed by atoms with Gasteiger partial charge in [-0.1, -0.05) is 23.5 Å². The fourth-order valence-corrected chi connectivity index (χ4v) is 3.84. The fraction of sp³-hybridized carbons (Fsp3) is 0.333. The van der Waals surface area contributed by atoms with Gasteiger partial charge in [-0.15, -0.1) is 0 Å². The number of carbonyl (C=O) groups is 3. The van der Waals surface area contributed by atoms with Gasteiger partial charge in [-0.3, -0.25) is 14.5 Å². The normalized spacial score (nSPS) is 14.0. The summed E-state index contributed by atoms with van der Waals surface area (Å²) in [5, 5.41) is 3.14. The first-order valence-corrected chi connectivity index (χ1v) is 9.08. The molecule has 0 unspecified atom stereocenters. The summed E-state index contributed by atoms with van der Waals surface area (Å²) >= 11 is 1.26. The van der Waals surface area contributed by atoms with Crippen molar-refractivity contribution in [2.24, 2.45) is 0 Å². The number of rotatable bonds is 5. The van der Waals surface area contributed by atoms with Crippen molar-refractivity contribution in [1.82, 2.24) is 15.2 Å². The van der Waals surface area contributed by atoms with Crippen molar-refractivity contribution in [3.8, 4) is 0 Å². The highest BCUT2D eigenvalue weighted by Crippen LogP contribution is 2.29. The van der Waals surface area contributed by atoms with Gasteiger partial charge in [-0.25, -0.2) is 9.78 Å². The van der Waals surface area contributed by atoms with E-state index >= 15 is 0 Å². The standard InChI is InChI=1S/C18H20N4O3S/c1-11-15(12(2)23)26-17(20-11)22-9-8-21(18(22)25)10-13-4-6-14(7-5-13)16(24)19-3/h4-7H,8-10H2,1-3H3,(H,19,24). The van der Waals surface area contributed by atoms with E-state index in [-0.39, 0.29) is 17.7 Å². The van der Waals surface area contributed by atoms with Gasteiger partial charge >= 0.3 is 6.03 Å². The molecule has 1 saturated heterocycles. The van der Waals surface area contributed by atoms with E-state index in [0.29, 0.717) is 40.9 Å². The van der Waals surface area contributed by atoms with E-state index in [1.165, 1.54) is 18.3 Å². The van der Waals surface area contributed by atoms with Gasteiger partial charge in [0.05, 0.1) is 10.6 Å². The van der Waals surface area contributed by atoms with E-state index in [1.807, 2.05) is 12.1 Å². The van der Waals surface area contributed by atoms with Crippen molar-refractivity contribution in [2.75, 3.05) is 25.0 Å². The van der Waals surface area contributed by atoms with Crippen molar-refractivity contribution in [1.29, 1.82) is 0 Å². The van der Waals surface area contributed by atoms with Gasteiger partial charge in [0, 0.05) is 39.2 Å². The summed E-state index contributed by atoms with van der Waals surface area (Å²) in [4.78, 5) is 44.2. The molecule has 1 N–H and O–H groups in total. The number of carbonyl (C=O) groups excluding carboxylic acids is 3. The van der Waals surface area contributed by atoms with E-state index in [4.69, 9.17) is 0 Å². The van der Waals surface area contributed by atoms with Crippen LogP contribution < -0.4 is 10.2 Å². The highest BCUT2D eigenvalue weighted by molar-refractivity contribution is 7.17. The molecule has 2 heterocycles. The molecule has 136 valence electrons. The predicted molar refractivity (Wildman–Crippen MR) is 99.8 cm³/mol. The number of nitrogens with one attached hydrogen (secondary N) is 1. The van der Waals surface area contributed by atoms with Gasteiger partial charge in [0.15, 0.2) is 10.9 Å². The third-order valence-electron chi connectivity index (χ3n) is 4.25. The lowest BCUT2D eigenvalue weighted by Gasteiger charge is -2.17. The molecule has 8 heteroatoms. The zero-order chi connectivity index (χ0) is 18.8. The molecule has 3 amide bonds. The Morgan fingerprint density at radius 1 is 1.23 bits per heavy atom. The molecule has 0 saturated carbocycles. The maximum Gasteiger partial charge on any atom is 0.326 e. The molecule has 1 aliphatic heterocycles. The number of nitrogens with zero attached hydrogens (tertiary/aromatic N) is 3. The van der Waals surface area contributed by atoms with Crippen LogP contribution in [0.25, 0.3) is 0 Å². The van der Waals surface area contributed by atoms with Gasteiger partial charge < -0.3 is 10.2 Å². The SMILES string of the molecule is CNC(=O)c1ccc(CN2CCN(c3nc(C)c(C(C)=O)s3)C2=O)cc1. The minimum atomic E-state index is -0.139. The Balaban J connectivity index is 1.70. The summed E-state index contributed by atoms with van der Waals surface area (Å²) in [6.45, 7) is 4.88. The summed E-state index contributed by atoms with van der Waals surface area (Å²) in [5.74, 6) is -0.175. The second kappa shape index (κ2) is 7.25. The van der Waals surface area contributed by atoms with Crippen LogP contribution in [0.15, 0.2) is 24.3 Å². The minimum Gasteiger partial charge on any atom is -0.355 e. The average Bonchev–Trinajstić information content (AvgIpc) is 3.18. The maximum atomic E-state index is 12.7. The second-order valence-electron chi connectivity index (χ2n) is 6.10. The number of thiazole rings is 1. The van der Waals surface area contributed by atoms with E-state index in [1.54, 1.807) is 35.9 Å². The van der Waals surface area contributed by atoms with Gasteiger partial charge in [0.2, 0.25) is 0 Å². The van der Waals surface area contributed by atoms with Gasteiger partial charge in [-0.05, 0) is 24.6 Å². The summed E-state index contributed by atoms with van der Waals surface area (Å²) in [7, 11) is 1.59. The molecule has 0 radical (unpaired) electrons. The van der Waals surface area contributed by atoms with Crippen LogP contribution in [0.1, 0.15) is 38.2 Å². The zero-order valence-corrected chi connectivity index (χ0v) is 15.7. The van der Waals surface area contributed by atoms with Crippen LogP contribution in [0.3, 0.4) is 0 Å². The smallest absolute Gasteiger partial charge is 0.326 e. The molecule has 1 aromatic carbocycles. The maximum absolute atomic E-state index is 12.7. The van der Waals surface area contributed by atoms with Crippen molar-refractivity contribution in [2.45, 2.75) is 20.4 Å². The number of benzene rings is 1. The predicted octanol–water partition coefficient (Wildman–Crippen LogP) is 2.46. The van der Waals surface area contributed by atoms with Crippen LogP contribution in [0.5, 0.6) is 0 Å². The third-order valence-corrected chi connectivity index (χ3v) is 5.53. The third kappa shape index (κ3) is 3.45. The lowest BCUT2D eigenvalue weighted by atomic mass is 10.1. The molecule has 0 atom stereocenters. The molecular formula is C18H20N4O3S. The number of hydrogen-bond acceptors (Lipinski definition) is 5. The van der Waals surface area contributed by atoms with Crippen LogP contribution in [0, 0.1) is 6.92 Å². The summed E-state index contributed by atoms with van der Waals surface area (Å²) in [6, 6.07) is 7.07. The number of aryl methyl sites for hydroxylation is 1. The number of Topliss-reactive ketones (excluding diaryl/α,β-unsaturated/α-hetero) is 1. The number of aromatic nitrogens is 1. The molecule has 26 heavy (non-hydrogen) atoms. The zero-order valence-electron chi connectivity index (χ0n) is 14.9. The van der Waals surface area contributed by atoms with E-state index in [0.717, 1.165) is 5.56 Å². The Hall–Kier alpha value is -2.74. The first-order valence-electron chi connectivity index (χ1n) is 8.26. The molecular weight excluding hydrogens is 352 g/mol. The number of anilines is 1. The first-order chi connectivity index (χ1) is 12.4. The molecule has 3 rings (SSSR count). The number of amides is 3. The Kier molecular flexibility index (Phi) is 5.03. The summed E-state index contributed by atoms with van der Waals surface area (Å²) in [5.41, 5.74) is 2.20. The van der Waals surface area contributed by atoms with Crippen molar-refractivity contribution in [3.63, 3.8) is 0 Å². The van der Waals surface area contributed by atoms with Gasteiger partial charge in [0.25, 0.3) is 5.91 Å². The molecule has 1 fully saturated rings. The van der Waals surface area contributed by atoms with Crippen LogP contribution in [0.2, 0.25) is 0 Å². The molecule has 1 aliphatic rings. The van der Waals surface area contributed by atoms with Crippen molar-refractivity contribution < 1.29 is 14.4 Å². The fourth-order valence-electron chi connectivity index (χ4n) is 2.86. The highest BCUT2D eigenvalue weighted by Gasteiger charge is 2.32. The molecule has 0 bridgehead atoms. The van der Waals surface area contributed by atoms with E-state index in [9.17, 15) is 14.4 Å². The first kappa shape index (κ1) is 18.1. The van der Waals surface area contributed by atoms with Crippen LogP contribution in [-0.4, -0.2) is 47.7 Å². The molecule has 2 aromatic rings. The second-order valence-corrected chi connectivity index (χ2v) is 7.08. The molecule has 1 aromatic heterocycles. The van der Waals surface area contributed by atoms with Crippen LogP contribution in [0.4, 0.5) is 9.93 Å². The average molecular weight is 372 g/mol. The van der Waals surface area contributed by atoms with Crippen LogP contribution >= 0.6 is 11.3 Å². The number of ketones is 1.